The molecule has 6 aromatic carbocycles. The highest BCUT2D eigenvalue weighted by Gasteiger charge is 2.28. The Bertz CT molecular complexity index is 2510. The molecule has 1 aliphatic carbocycles. The van der Waals surface area contributed by atoms with Crippen molar-refractivity contribution in [2.24, 2.45) is 5.73 Å². The van der Waals surface area contributed by atoms with Gasteiger partial charge in [0.15, 0.2) is 0 Å². The highest BCUT2D eigenvalue weighted by atomic mass is 15.2. The molecular formula is C47H37N3. The molecule has 7 aromatic rings. The van der Waals surface area contributed by atoms with E-state index in [0.717, 1.165) is 41.9 Å². The summed E-state index contributed by atoms with van der Waals surface area (Å²) in [5, 5.41) is 2.51. The second-order valence-corrected chi connectivity index (χ2v) is 13.0. The Morgan fingerprint density at radius 1 is 0.640 bits per heavy atom. The van der Waals surface area contributed by atoms with Crippen molar-refractivity contribution in [2.45, 2.75) is 19.3 Å². The molecule has 0 saturated carbocycles. The number of hydrogen-bond donors (Lipinski definition) is 1. The van der Waals surface area contributed by atoms with Crippen molar-refractivity contribution in [3.05, 3.63) is 204 Å². The van der Waals surface area contributed by atoms with Gasteiger partial charge in [-0.05, 0) is 95.6 Å². The fourth-order valence-corrected chi connectivity index (χ4v) is 7.73. The number of rotatable bonds is 6. The van der Waals surface area contributed by atoms with Gasteiger partial charge in [0.25, 0.3) is 0 Å². The van der Waals surface area contributed by atoms with Gasteiger partial charge in [0.1, 0.15) is 0 Å². The molecule has 0 radical (unpaired) electrons. The van der Waals surface area contributed by atoms with E-state index >= 15 is 0 Å². The quantitative estimate of drug-likeness (QED) is 0.183. The maximum absolute atomic E-state index is 6.93. The number of benzene rings is 6. The van der Waals surface area contributed by atoms with Gasteiger partial charge in [0.2, 0.25) is 0 Å². The second-order valence-electron chi connectivity index (χ2n) is 13.0. The largest absolute Gasteiger partial charge is 0.398 e. The van der Waals surface area contributed by atoms with Gasteiger partial charge in [0.05, 0.1) is 16.7 Å². The Morgan fingerprint density at radius 2 is 1.32 bits per heavy atom. The van der Waals surface area contributed by atoms with Gasteiger partial charge >= 0.3 is 0 Å². The summed E-state index contributed by atoms with van der Waals surface area (Å²) < 4.78 is 2.37. The first kappa shape index (κ1) is 29.8. The zero-order valence-electron chi connectivity index (χ0n) is 27.8. The van der Waals surface area contributed by atoms with Crippen molar-refractivity contribution >= 4 is 38.8 Å². The van der Waals surface area contributed by atoms with E-state index in [1.54, 1.807) is 0 Å². The number of allylic oxidation sites excluding steroid dienone is 5. The van der Waals surface area contributed by atoms with Crippen LogP contribution in [0, 0.1) is 0 Å². The molecule has 1 aromatic heterocycles. The van der Waals surface area contributed by atoms with Gasteiger partial charge in [-0.3, -0.25) is 0 Å². The van der Waals surface area contributed by atoms with Crippen LogP contribution in [-0.4, -0.2) is 4.57 Å². The minimum Gasteiger partial charge on any atom is -0.398 e. The zero-order valence-corrected chi connectivity index (χ0v) is 27.8. The van der Waals surface area contributed by atoms with Gasteiger partial charge in [-0.1, -0.05) is 127 Å². The average Bonchev–Trinajstić information content (AvgIpc) is 3.45. The number of nitrogens with zero attached hydrogens (tertiary/aromatic N) is 2. The molecule has 0 amide bonds. The zero-order chi connectivity index (χ0) is 33.4. The Morgan fingerprint density at radius 3 is 2.16 bits per heavy atom. The molecule has 0 spiro atoms. The van der Waals surface area contributed by atoms with Gasteiger partial charge in [0, 0.05) is 39.1 Å². The molecule has 0 saturated heterocycles. The molecule has 2 aliphatic rings. The summed E-state index contributed by atoms with van der Waals surface area (Å²) in [5.41, 5.74) is 22.1. The molecule has 1 aliphatic heterocycles. The average molecular weight is 644 g/mol. The van der Waals surface area contributed by atoms with Gasteiger partial charge in [-0.2, -0.15) is 0 Å². The number of nitrogens with two attached hydrogens (primary N) is 1. The van der Waals surface area contributed by atoms with Gasteiger partial charge < -0.3 is 15.2 Å². The standard InChI is InChI=1S/C47H37N3/c48-43(34-15-3-1-4-16-34)32-36(50-44-24-12-9-21-39(44)37-19-7-8-20-38(37)40-22-10-13-25-45(40)50)29-27-33-28-30-47-42(31-33)41-23-11-14-26-46(41)49(47)35-17-5-2-6-18-35/h1-9,11-21,23-26,28-32H,10,22,27,48H2/b36-29+,43-32-. The number of anilines is 1. The van der Waals surface area contributed by atoms with E-state index in [1.807, 2.05) is 18.2 Å². The topological polar surface area (TPSA) is 34.2 Å². The highest BCUT2D eigenvalue weighted by Crippen LogP contribution is 2.47. The molecule has 0 fully saturated rings. The third kappa shape index (κ3) is 5.15. The van der Waals surface area contributed by atoms with E-state index < -0.39 is 0 Å². The first-order chi connectivity index (χ1) is 24.7. The van der Waals surface area contributed by atoms with Crippen molar-refractivity contribution in [1.82, 2.24) is 4.57 Å². The number of aromatic nitrogens is 1. The van der Waals surface area contributed by atoms with Crippen LogP contribution in [0.15, 0.2) is 187 Å². The Labute approximate surface area is 293 Å². The molecule has 240 valence electrons. The number of hydrogen-bond acceptors (Lipinski definition) is 2. The van der Waals surface area contributed by atoms with E-state index in [0.29, 0.717) is 0 Å². The van der Waals surface area contributed by atoms with Crippen LogP contribution in [0.25, 0.3) is 49.9 Å². The van der Waals surface area contributed by atoms with Gasteiger partial charge in [-0.25, -0.2) is 0 Å². The smallest absolute Gasteiger partial charge is 0.0541 e. The first-order valence-electron chi connectivity index (χ1n) is 17.4. The molecule has 2 heterocycles. The Kier molecular flexibility index (Phi) is 7.51. The lowest BCUT2D eigenvalue weighted by Crippen LogP contribution is -2.23. The lowest BCUT2D eigenvalue weighted by atomic mass is 9.90. The second kappa shape index (κ2) is 12.6. The van der Waals surface area contributed by atoms with Crippen molar-refractivity contribution in [2.75, 3.05) is 4.90 Å². The minimum atomic E-state index is 0.736. The minimum absolute atomic E-state index is 0.736. The third-order valence-electron chi connectivity index (χ3n) is 10.0. The van der Waals surface area contributed by atoms with Crippen LogP contribution >= 0.6 is 0 Å². The van der Waals surface area contributed by atoms with E-state index in [1.165, 1.54) is 61.0 Å². The number of para-hydroxylation sites is 3. The van der Waals surface area contributed by atoms with Crippen LogP contribution in [-0.2, 0) is 6.42 Å². The molecule has 3 heteroatoms. The molecule has 3 nitrogen and oxygen atoms in total. The molecule has 0 bridgehead atoms. The number of fused-ring (bicyclic) bond motifs is 7. The summed E-state index contributed by atoms with van der Waals surface area (Å²) in [6.45, 7) is 0. The molecule has 2 N–H and O–H groups in total. The molecule has 0 unspecified atom stereocenters. The monoisotopic (exact) mass is 643 g/mol. The van der Waals surface area contributed by atoms with Crippen LogP contribution in [0.5, 0.6) is 0 Å². The molecule has 9 rings (SSSR count). The normalized spacial score (nSPS) is 14.4. The third-order valence-corrected chi connectivity index (χ3v) is 10.0. The molecule has 0 atom stereocenters. The van der Waals surface area contributed by atoms with Crippen molar-refractivity contribution < 1.29 is 0 Å². The summed E-state index contributed by atoms with van der Waals surface area (Å²) >= 11 is 0. The molecular weight excluding hydrogens is 607 g/mol. The van der Waals surface area contributed by atoms with Crippen LogP contribution in [0.2, 0.25) is 0 Å². The summed E-state index contributed by atoms with van der Waals surface area (Å²) in [6.07, 6.45) is 11.9. The lowest BCUT2D eigenvalue weighted by Gasteiger charge is -2.31. The maximum Gasteiger partial charge on any atom is 0.0541 e. The lowest BCUT2D eigenvalue weighted by molar-refractivity contribution is 1.01. The van der Waals surface area contributed by atoms with Crippen molar-refractivity contribution in [3.8, 4) is 16.8 Å². The van der Waals surface area contributed by atoms with Crippen molar-refractivity contribution in [1.29, 1.82) is 0 Å². The van der Waals surface area contributed by atoms with Crippen LogP contribution < -0.4 is 10.6 Å². The van der Waals surface area contributed by atoms with Crippen LogP contribution in [0.4, 0.5) is 5.69 Å². The summed E-state index contributed by atoms with van der Waals surface area (Å²) in [7, 11) is 0. The van der Waals surface area contributed by atoms with E-state index in [9.17, 15) is 0 Å². The van der Waals surface area contributed by atoms with Gasteiger partial charge in [-0.15, -0.1) is 0 Å². The first-order valence-corrected chi connectivity index (χ1v) is 17.4. The van der Waals surface area contributed by atoms with Crippen LogP contribution in [0.3, 0.4) is 0 Å². The summed E-state index contributed by atoms with van der Waals surface area (Å²) in [6, 6.07) is 54.2. The Hall–Kier alpha value is -6.32. The van der Waals surface area contributed by atoms with E-state index in [2.05, 4.69) is 167 Å². The van der Waals surface area contributed by atoms with E-state index in [-0.39, 0.29) is 0 Å². The summed E-state index contributed by atoms with van der Waals surface area (Å²) in [5.74, 6) is 0. The summed E-state index contributed by atoms with van der Waals surface area (Å²) in [4.78, 5) is 2.44. The maximum atomic E-state index is 6.93. The fraction of sp³-hybridized carbons (Fsp3) is 0.0638. The van der Waals surface area contributed by atoms with E-state index in [4.69, 9.17) is 5.73 Å². The highest BCUT2D eigenvalue weighted by molar-refractivity contribution is 6.09. The molecule has 50 heavy (non-hydrogen) atoms. The predicted octanol–water partition coefficient (Wildman–Crippen LogP) is 11.5. The Balaban J connectivity index is 1.22. The predicted molar refractivity (Wildman–Crippen MR) is 211 cm³/mol. The SMILES string of the molecule is N/C(=C\C(=C/Cc1ccc2c(c1)c1ccccc1n2-c1ccccc1)N1C2=C(CCC=C2)c2ccccc2-c2ccccc21)c1ccccc1. The fourth-order valence-electron chi connectivity index (χ4n) is 7.73. The van der Waals surface area contributed by atoms with Crippen LogP contribution in [0.1, 0.15) is 29.5 Å². The van der Waals surface area contributed by atoms with Crippen molar-refractivity contribution in [3.63, 3.8) is 0 Å².